The van der Waals surface area contributed by atoms with Gasteiger partial charge in [0, 0.05) is 30.5 Å². The molecule has 2 amide bonds. The average molecular weight is 483 g/mol. The minimum absolute atomic E-state index is 0.0821. The maximum absolute atomic E-state index is 13.5. The summed E-state index contributed by atoms with van der Waals surface area (Å²) >= 11 is 0. The van der Waals surface area contributed by atoms with Crippen molar-refractivity contribution in [2.24, 2.45) is 0 Å². The summed E-state index contributed by atoms with van der Waals surface area (Å²) in [7, 11) is 0. The monoisotopic (exact) mass is 482 g/mol. The van der Waals surface area contributed by atoms with Crippen LogP contribution in [0.5, 0.6) is 11.5 Å². The Bertz CT molecular complexity index is 1380. The fraction of sp³-hybridized carbons (Fsp3) is 0.107. The van der Waals surface area contributed by atoms with E-state index in [1.165, 1.54) is 12.1 Å². The van der Waals surface area contributed by atoms with E-state index in [1.807, 2.05) is 54.6 Å². The second kappa shape index (κ2) is 10.3. The molecule has 1 unspecified atom stereocenters. The number of halogens is 1. The minimum atomic E-state index is -0.397. The molecule has 180 valence electrons. The zero-order chi connectivity index (χ0) is 24.9. The molecule has 0 aliphatic carbocycles. The predicted octanol–water partition coefficient (Wildman–Crippen LogP) is 5.29. The smallest absolute Gasteiger partial charge is 0.255 e. The standard InChI is InChI=1S/C28H23FN4O3/c29-19-6-4-7-20(16-19)31-27-25(10-5-15-30-27)28(35)32-21-17-26(34)33(18-21)22-11-13-24(14-12-22)36-23-8-2-1-3-9-23/h1-16,21H,17-18H2,(H,30,31)(H,32,35). The third-order valence-electron chi connectivity index (χ3n) is 5.73. The van der Waals surface area contributed by atoms with Gasteiger partial charge < -0.3 is 20.3 Å². The topological polar surface area (TPSA) is 83.6 Å². The Kier molecular flexibility index (Phi) is 6.57. The molecule has 2 heterocycles. The second-order valence-corrected chi connectivity index (χ2v) is 8.32. The molecule has 3 aromatic carbocycles. The summed E-state index contributed by atoms with van der Waals surface area (Å²) in [6, 6.07) is 25.5. The molecule has 2 N–H and O–H groups in total. The Morgan fingerprint density at radius 3 is 2.50 bits per heavy atom. The Hall–Kier alpha value is -4.72. The average Bonchev–Trinajstić information content (AvgIpc) is 3.25. The summed E-state index contributed by atoms with van der Waals surface area (Å²) < 4.78 is 19.4. The van der Waals surface area contributed by atoms with Gasteiger partial charge in [-0.15, -0.1) is 0 Å². The maximum atomic E-state index is 13.5. The Labute approximate surface area is 207 Å². The lowest BCUT2D eigenvalue weighted by atomic mass is 10.2. The van der Waals surface area contributed by atoms with Gasteiger partial charge in [-0.05, 0) is 66.7 Å². The van der Waals surface area contributed by atoms with Gasteiger partial charge >= 0.3 is 0 Å². The lowest BCUT2D eigenvalue weighted by Crippen LogP contribution is -2.37. The zero-order valence-electron chi connectivity index (χ0n) is 19.2. The molecule has 1 aliphatic rings. The fourth-order valence-corrected chi connectivity index (χ4v) is 4.03. The summed E-state index contributed by atoms with van der Waals surface area (Å²) in [5, 5.41) is 5.91. The highest BCUT2D eigenvalue weighted by atomic mass is 19.1. The Morgan fingerprint density at radius 1 is 0.944 bits per heavy atom. The number of hydrogen-bond donors (Lipinski definition) is 2. The molecule has 0 bridgehead atoms. The molecule has 1 atom stereocenters. The summed E-state index contributed by atoms with van der Waals surface area (Å²) in [6.45, 7) is 0.344. The van der Waals surface area contributed by atoms with Gasteiger partial charge in [-0.2, -0.15) is 0 Å². The van der Waals surface area contributed by atoms with Crippen molar-refractivity contribution in [2.45, 2.75) is 12.5 Å². The van der Waals surface area contributed by atoms with E-state index in [4.69, 9.17) is 4.74 Å². The molecule has 7 nitrogen and oxygen atoms in total. The molecule has 1 aromatic heterocycles. The molecule has 1 fully saturated rings. The molecule has 0 radical (unpaired) electrons. The van der Waals surface area contributed by atoms with E-state index in [-0.39, 0.29) is 24.3 Å². The second-order valence-electron chi connectivity index (χ2n) is 8.32. The van der Waals surface area contributed by atoms with Crippen LogP contribution in [0.2, 0.25) is 0 Å². The van der Waals surface area contributed by atoms with Crippen LogP contribution in [0.1, 0.15) is 16.8 Å². The van der Waals surface area contributed by atoms with Gasteiger partial charge in [-0.1, -0.05) is 24.3 Å². The van der Waals surface area contributed by atoms with Crippen LogP contribution in [0.4, 0.5) is 21.6 Å². The molecule has 0 saturated carbocycles. The van der Waals surface area contributed by atoms with Crippen LogP contribution >= 0.6 is 0 Å². The van der Waals surface area contributed by atoms with E-state index in [0.29, 0.717) is 29.4 Å². The number of benzene rings is 3. The normalized spacial score (nSPS) is 15.0. The van der Waals surface area contributed by atoms with Crippen LogP contribution in [0.25, 0.3) is 0 Å². The first-order chi connectivity index (χ1) is 17.5. The van der Waals surface area contributed by atoms with Gasteiger partial charge in [-0.3, -0.25) is 9.59 Å². The highest BCUT2D eigenvalue weighted by molar-refractivity contribution is 6.01. The molecular formula is C28H23FN4O3. The highest BCUT2D eigenvalue weighted by Gasteiger charge is 2.32. The minimum Gasteiger partial charge on any atom is -0.457 e. The van der Waals surface area contributed by atoms with Gasteiger partial charge in [0.15, 0.2) is 0 Å². The molecular weight excluding hydrogens is 459 g/mol. The summed E-state index contributed by atoms with van der Waals surface area (Å²) in [6.07, 6.45) is 1.73. The first kappa shape index (κ1) is 23.0. The van der Waals surface area contributed by atoms with Gasteiger partial charge in [0.2, 0.25) is 5.91 Å². The predicted molar refractivity (Wildman–Crippen MR) is 135 cm³/mol. The van der Waals surface area contributed by atoms with Crippen molar-refractivity contribution in [3.05, 3.63) is 109 Å². The number of anilines is 3. The number of ether oxygens (including phenoxy) is 1. The van der Waals surface area contributed by atoms with Crippen LogP contribution in [0, 0.1) is 5.82 Å². The molecule has 4 aromatic rings. The van der Waals surface area contributed by atoms with E-state index in [0.717, 1.165) is 11.4 Å². The van der Waals surface area contributed by atoms with Crippen molar-refractivity contribution >= 4 is 29.0 Å². The van der Waals surface area contributed by atoms with Crippen LogP contribution in [-0.2, 0) is 4.79 Å². The molecule has 36 heavy (non-hydrogen) atoms. The van der Waals surface area contributed by atoms with Crippen molar-refractivity contribution in [1.29, 1.82) is 0 Å². The largest absolute Gasteiger partial charge is 0.457 e. The van der Waals surface area contributed by atoms with Gasteiger partial charge in [-0.25, -0.2) is 9.37 Å². The van der Waals surface area contributed by atoms with Crippen molar-refractivity contribution in [1.82, 2.24) is 10.3 Å². The van der Waals surface area contributed by atoms with Crippen molar-refractivity contribution in [3.63, 3.8) is 0 Å². The van der Waals surface area contributed by atoms with Gasteiger partial charge in [0.05, 0.1) is 11.6 Å². The number of pyridine rings is 1. The third-order valence-corrected chi connectivity index (χ3v) is 5.73. The molecule has 1 saturated heterocycles. The van der Waals surface area contributed by atoms with Gasteiger partial charge in [0.25, 0.3) is 5.91 Å². The fourth-order valence-electron chi connectivity index (χ4n) is 4.03. The first-order valence-corrected chi connectivity index (χ1v) is 11.5. The van der Waals surface area contributed by atoms with Crippen LogP contribution in [0.3, 0.4) is 0 Å². The van der Waals surface area contributed by atoms with E-state index in [1.54, 1.807) is 35.4 Å². The van der Waals surface area contributed by atoms with E-state index >= 15 is 0 Å². The van der Waals surface area contributed by atoms with Crippen molar-refractivity contribution < 1.29 is 18.7 Å². The maximum Gasteiger partial charge on any atom is 0.255 e. The van der Waals surface area contributed by atoms with Crippen LogP contribution in [0.15, 0.2) is 97.2 Å². The number of carbonyl (C=O) groups excluding carboxylic acids is 2. The van der Waals surface area contributed by atoms with E-state index in [9.17, 15) is 14.0 Å². The van der Waals surface area contributed by atoms with Crippen LogP contribution in [-0.4, -0.2) is 29.4 Å². The summed E-state index contributed by atoms with van der Waals surface area (Å²) in [5.74, 6) is 0.847. The molecule has 5 rings (SSSR count). The SMILES string of the molecule is O=C(NC1CC(=O)N(c2ccc(Oc3ccccc3)cc2)C1)c1cccnc1Nc1cccc(F)c1. The number of aromatic nitrogens is 1. The lowest BCUT2D eigenvalue weighted by Gasteiger charge is -2.18. The number of nitrogens with one attached hydrogen (secondary N) is 2. The number of carbonyl (C=O) groups is 2. The van der Waals surface area contributed by atoms with Crippen LogP contribution < -0.4 is 20.3 Å². The number of rotatable bonds is 7. The molecule has 1 aliphatic heterocycles. The quantitative estimate of drug-likeness (QED) is 0.374. The molecule has 0 spiro atoms. The number of hydrogen-bond acceptors (Lipinski definition) is 5. The highest BCUT2D eigenvalue weighted by Crippen LogP contribution is 2.27. The number of nitrogens with zero attached hydrogens (tertiary/aromatic N) is 2. The first-order valence-electron chi connectivity index (χ1n) is 11.5. The van der Waals surface area contributed by atoms with E-state index in [2.05, 4.69) is 15.6 Å². The van der Waals surface area contributed by atoms with Gasteiger partial charge in [0.1, 0.15) is 23.1 Å². The van der Waals surface area contributed by atoms with Crippen molar-refractivity contribution in [3.8, 4) is 11.5 Å². The number of amides is 2. The Balaban J connectivity index is 1.23. The molecule has 8 heteroatoms. The summed E-state index contributed by atoms with van der Waals surface area (Å²) in [4.78, 5) is 31.6. The van der Waals surface area contributed by atoms with Crippen molar-refractivity contribution in [2.75, 3.05) is 16.8 Å². The third kappa shape index (κ3) is 5.33. The Morgan fingerprint density at radius 2 is 1.72 bits per heavy atom. The number of para-hydroxylation sites is 1. The summed E-state index contributed by atoms with van der Waals surface area (Å²) in [5.41, 5.74) is 1.51. The lowest BCUT2D eigenvalue weighted by molar-refractivity contribution is -0.117. The zero-order valence-corrected chi connectivity index (χ0v) is 19.2. The van der Waals surface area contributed by atoms with E-state index < -0.39 is 5.82 Å².